The fourth-order valence-electron chi connectivity index (χ4n) is 7.53. The van der Waals surface area contributed by atoms with Crippen molar-refractivity contribution in [2.24, 2.45) is 0 Å². The fraction of sp³-hybridized carbons (Fsp3) is 0.868. The summed E-state index contributed by atoms with van der Waals surface area (Å²) >= 11 is 0. The zero-order chi connectivity index (χ0) is 43.0. The molecule has 1 atom stereocenters. The van der Waals surface area contributed by atoms with Gasteiger partial charge in [0.1, 0.15) is 13.2 Å². The first-order chi connectivity index (χ1) is 29.0. The van der Waals surface area contributed by atoms with Crippen molar-refractivity contribution in [1.82, 2.24) is 0 Å². The molecule has 0 aromatic carbocycles. The zero-order valence-corrected chi connectivity index (χ0v) is 39.5. The average Bonchev–Trinajstić information content (AvgIpc) is 3.23. The number of hydrogen-bond donors (Lipinski definition) is 0. The molecule has 0 radical (unpaired) electrons. The van der Waals surface area contributed by atoms with Crippen molar-refractivity contribution in [3.63, 3.8) is 0 Å². The molecular weight excluding hydrogens is 733 g/mol. The summed E-state index contributed by atoms with van der Waals surface area (Å²) in [6.07, 6.45) is 54.7. The van der Waals surface area contributed by atoms with Gasteiger partial charge in [-0.2, -0.15) is 0 Å². The van der Waals surface area contributed by atoms with Gasteiger partial charge in [0, 0.05) is 19.3 Å². The van der Waals surface area contributed by atoms with Crippen molar-refractivity contribution in [1.29, 1.82) is 0 Å². The van der Waals surface area contributed by atoms with Crippen LogP contribution in [0.3, 0.4) is 0 Å². The minimum absolute atomic E-state index is 0.0694. The minimum Gasteiger partial charge on any atom is -0.462 e. The second-order valence-electron chi connectivity index (χ2n) is 17.4. The standard InChI is InChI=1S/C53H98O6/c1-4-7-10-13-16-18-20-22-24-25-26-27-28-29-30-32-33-35-37-40-43-46-52(55)58-49-50(48-57-51(54)45-42-39-15-12-9-6-3)59-53(56)47-44-41-38-36-34-31-23-21-19-17-14-11-8-5-2/h20,22,25-26,50H,4-19,21,23-24,27-49H2,1-3H3/b22-20-,26-25-. The second kappa shape index (κ2) is 48.6. The number of carbonyl (C=O) groups excluding carboxylic acids is 3. The summed E-state index contributed by atoms with van der Waals surface area (Å²) in [6.45, 7) is 6.59. The predicted molar refractivity (Wildman–Crippen MR) is 252 cm³/mol. The van der Waals surface area contributed by atoms with Gasteiger partial charge in [-0.25, -0.2) is 0 Å². The third-order valence-electron chi connectivity index (χ3n) is 11.5. The highest BCUT2D eigenvalue weighted by Gasteiger charge is 2.19. The van der Waals surface area contributed by atoms with Crippen LogP contribution in [0.15, 0.2) is 24.3 Å². The molecular formula is C53H98O6. The van der Waals surface area contributed by atoms with E-state index in [4.69, 9.17) is 14.2 Å². The first-order valence-electron chi connectivity index (χ1n) is 25.8. The van der Waals surface area contributed by atoms with Gasteiger partial charge in [0.05, 0.1) is 0 Å². The molecule has 1 unspecified atom stereocenters. The van der Waals surface area contributed by atoms with Crippen molar-refractivity contribution in [3.8, 4) is 0 Å². The maximum atomic E-state index is 12.7. The Balaban J connectivity index is 4.15. The second-order valence-corrected chi connectivity index (χ2v) is 17.4. The molecule has 0 spiro atoms. The molecule has 0 aliphatic carbocycles. The topological polar surface area (TPSA) is 78.9 Å². The number of unbranched alkanes of at least 4 members (excludes halogenated alkanes) is 32. The highest BCUT2D eigenvalue weighted by Crippen LogP contribution is 2.16. The van der Waals surface area contributed by atoms with E-state index in [0.29, 0.717) is 19.3 Å². The van der Waals surface area contributed by atoms with E-state index in [0.717, 1.165) is 64.2 Å². The third kappa shape index (κ3) is 46.8. The number of ether oxygens (including phenoxy) is 3. The van der Waals surface area contributed by atoms with Gasteiger partial charge >= 0.3 is 17.9 Å². The summed E-state index contributed by atoms with van der Waals surface area (Å²) in [5, 5.41) is 0. The van der Waals surface area contributed by atoms with Gasteiger partial charge in [-0.1, -0.05) is 231 Å². The van der Waals surface area contributed by atoms with Gasteiger partial charge in [0.25, 0.3) is 0 Å². The quantitative estimate of drug-likeness (QED) is 0.0263. The molecule has 0 aliphatic heterocycles. The Bertz CT molecular complexity index is 958. The highest BCUT2D eigenvalue weighted by molar-refractivity contribution is 5.71. The summed E-state index contributed by atoms with van der Waals surface area (Å²) in [6, 6.07) is 0. The van der Waals surface area contributed by atoms with Crippen LogP contribution in [0, 0.1) is 0 Å². The van der Waals surface area contributed by atoms with Crippen LogP contribution in [0.5, 0.6) is 0 Å². The van der Waals surface area contributed by atoms with Gasteiger partial charge in [-0.3, -0.25) is 14.4 Å². The molecule has 59 heavy (non-hydrogen) atoms. The van der Waals surface area contributed by atoms with E-state index >= 15 is 0 Å². The van der Waals surface area contributed by atoms with E-state index in [1.165, 1.54) is 173 Å². The molecule has 0 rings (SSSR count). The summed E-state index contributed by atoms with van der Waals surface area (Å²) in [4.78, 5) is 37.7. The lowest BCUT2D eigenvalue weighted by molar-refractivity contribution is -0.167. The Hall–Kier alpha value is -2.11. The molecule has 0 saturated heterocycles. The largest absolute Gasteiger partial charge is 0.462 e. The molecule has 0 fully saturated rings. The van der Waals surface area contributed by atoms with Gasteiger partial charge in [-0.15, -0.1) is 0 Å². The molecule has 0 aromatic rings. The molecule has 0 heterocycles. The Morgan fingerprint density at radius 1 is 0.339 bits per heavy atom. The smallest absolute Gasteiger partial charge is 0.306 e. The Kier molecular flexibility index (Phi) is 46.8. The van der Waals surface area contributed by atoms with Gasteiger partial charge in [0.15, 0.2) is 6.10 Å². The van der Waals surface area contributed by atoms with Gasteiger partial charge < -0.3 is 14.2 Å². The van der Waals surface area contributed by atoms with Crippen molar-refractivity contribution in [2.75, 3.05) is 13.2 Å². The summed E-state index contributed by atoms with van der Waals surface area (Å²) < 4.78 is 16.7. The van der Waals surface area contributed by atoms with Crippen molar-refractivity contribution in [2.45, 2.75) is 284 Å². The van der Waals surface area contributed by atoms with Crippen LogP contribution >= 0.6 is 0 Å². The summed E-state index contributed by atoms with van der Waals surface area (Å²) in [5.74, 6) is -0.871. The van der Waals surface area contributed by atoms with E-state index in [1.807, 2.05) is 0 Å². The number of rotatable bonds is 47. The molecule has 0 amide bonds. The summed E-state index contributed by atoms with van der Waals surface area (Å²) in [5.41, 5.74) is 0. The van der Waals surface area contributed by atoms with Crippen LogP contribution in [-0.4, -0.2) is 37.2 Å². The Morgan fingerprint density at radius 2 is 0.610 bits per heavy atom. The lowest BCUT2D eigenvalue weighted by Gasteiger charge is -2.18. The van der Waals surface area contributed by atoms with Crippen LogP contribution in [0.1, 0.15) is 278 Å². The molecule has 0 aromatic heterocycles. The monoisotopic (exact) mass is 831 g/mol. The van der Waals surface area contributed by atoms with E-state index in [-0.39, 0.29) is 31.1 Å². The molecule has 0 N–H and O–H groups in total. The normalized spacial score (nSPS) is 12.1. The first-order valence-corrected chi connectivity index (χ1v) is 25.8. The van der Waals surface area contributed by atoms with Crippen molar-refractivity contribution < 1.29 is 28.6 Å². The molecule has 6 nitrogen and oxygen atoms in total. The van der Waals surface area contributed by atoms with Gasteiger partial charge in [-0.05, 0) is 51.4 Å². The lowest BCUT2D eigenvalue weighted by atomic mass is 10.0. The third-order valence-corrected chi connectivity index (χ3v) is 11.5. The lowest BCUT2D eigenvalue weighted by Crippen LogP contribution is -2.30. The van der Waals surface area contributed by atoms with Crippen LogP contribution in [0.2, 0.25) is 0 Å². The molecule has 0 aliphatic rings. The van der Waals surface area contributed by atoms with Crippen LogP contribution in [0.25, 0.3) is 0 Å². The van der Waals surface area contributed by atoms with Gasteiger partial charge in [0.2, 0.25) is 0 Å². The van der Waals surface area contributed by atoms with Crippen LogP contribution in [0.4, 0.5) is 0 Å². The number of carbonyl (C=O) groups is 3. The minimum atomic E-state index is -0.764. The fourth-order valence-corrected chi connectivity index (χ4v) is 7.53. The molecule has 6 heteroatoms. The van der Waals surface area contributed by atoms with E-state index in [9.17, 15) is 14.4 Å². The maximum absolute atomic E-state index is 12.7. The van der Waals surface area contributed by atoms with Crippen LogP contribution < -0.4 is 0 Å². The van der Waals surface area contributed by atoms with E-state index < -0.39 is 6.10 Å². The zero-order valence-electron chi connectivity index (χ0n) is 39.5. The van der Waals surface area contributed by atoms with Crippen molar-refractivity contribution >= 4 is 17.9 Å². The maximum Gasteiger partial charge on any atom is 0.306 e. The molecule has 0 bridgehead atoms. The van der Waals surface area contributed by atoms with Crippen molar-refractivity contribution in [3.05, 3.63) is 24.3 Å². The van der Waals surface area contributed by atoms with Crippen LogP contribution in [-0.2, 0) is 28.6 Å². The Morgan fingerprint density at radius 3 is 0.932 bits per heavy atom. The first kappa shape index (κ1) is 56.9. The van der Waals surface area contributed by atoms with E-state index in [1.54, 1.807) is 0 Å². The Labute approximate surface area is 366 Å². The number of hydrogen-bond acceptors (Lipinski definition) is 6. The highest BCUT2D eigenvalue weighted by atomic mass is 16.6. The average molecular weight is 831 g/mol. The molecule has 0 saturated carbocycles. The SMILES string of the molecule is CCCCCCC/C=C\C/C=C\CCCCCCCCCCCC(=O)OCC(COC(=O)CCCCCCCC)OC(=O)CCCCCCCCCCCCCCCC. The predicted octanol–water partition coefficient (Wildman–Crippen LogP) is 16.8. The number of esters is 3. The van der Waals surface area contributed by atoms with E-state index in [2.05, 4.69) is 45.1 Å². The molecule has 346 valence electrons. The summed E-state index contributed by atoms with van der Waals surface area (Å²) in [7, 11) is 0. The number of allylic oxidation sites excluding steroid dienone is 4.